The van der Waals surface area contributed by atoms with Gasteiger partial charge in [0, 0.05) is 30.6 Å². The van der Waals surface area contributed by atoms with Gasteiger partial charge in [-0.25, -0.2) is 5.43 Å². The number of carbonyl (C=O) groups excluding carboxylic acids is 2. The van der Waals surface area contributed by atoms with Crippen LogP contribution >= 0.6 is 0 Å². The number of likely N-dealkylation sites (tertiary alicyclic amines) is 1. The molecule has 6 nitrogen and oxygen atoms in total. The summed E-state index contributed by atoms with van der Waals surface area (Å²) in [7, 11) is 0. The molecule has 0 unspecified atom stereocenters. The third kappa shape index (κ3) is 4.26. The SMILES string of the molecule is Cc1c(C(=O)N2CCCCC2)oc2c1/C(=N/NC(=O)Cc1ccccc1)CCC2. The lowest BCUT2D eigenvalue weighted by Gasteiger charge is -2.25. The first-order chi connectivity index (χ1) is 14.1. The van der Waals surface area contributed by atoms with E-state index < -0.39 is 0 Å². The topological polar surface area (TPSA) is 74.9 Å². The molecule has 0 radical (unpaired) electrons. The van der Waals surface area contributed by atoms with Crippen molar-refractivity contribution in [2.75, 3.05) is 13.1 Å². The molecule has 2 aromatic rings. The molecule has 1 saturated heterocycles. The van der Waals surface area contributed by atoms with Gasteiger partial charge in [0.25, 0.3) is 5.91 Å². The van der Waals surface area contributed by atoms with E-state index in [-0.39, 0.29) is 18.2 Å². The maximum absolute atomic E-state index is 12.9. The quantitative estimate of drug-likeness (QED) is 0.807. The van der Waals surface area contributed by atoms with Gasteiger partial charge < -0.3 is 9.32 Å². The van der Waals surface area contributed by atoms with Gasteiger partial charge in [-0.2, -0.15) is 5.10 Å². The number of piperidine rings is 1. The third-order valence-corrected chi connectivity index (χ3v) is 5.69. The van der Waals surface area contributed by atoms with Crippen molar-refractivity contribution >= 4 is 17.5 Å². The van der Waals surface area contributed by atoms with Crippen LogP contribution < -0.4 is 5.43 Å². The number of furan rings is 1. The van der Waals surface area contributed by atoms with Gasteiger partial charge in [-0.3, -0.25) is 9.59 Å². The number of hydrogen-bond donors (Lipinski definition) is 1. The predicted molar refractivity (Wildman–Crippen MR) is 111 cm³/mol. The van der Waals surface area contributed by atoms with Gasteiger partial charge in [0.1, 0.15) is 5.76 Å². The van der Waals surface area contributed by atoms with Crippen LogP contribution in [0.1, 0.15) is 65.1 Å². The second-order valence-corrected chi connectivity index (χ2v) is 7.82. The fraction of sp³-hybridized carbons (Fsp3) is 0.435. The van der Waals surface area contributed by atoms with Crippen LogP contribution in [-0.4, -0.2) is 35.5 Å². The highest BCUT2D eigenvalue weighted by Crippen LogP contribution is 2.31. The number of benzene rings is 1. The Labute approximate surface area is 171 Å². The van der Waals surface area contributed by atoms with E-state index in [1.807, 2.05) is 42.2 Å². The number of hydrogen-bond acceptors (Lipinski definition) is 4. The van der Waals surface area contributed by atoms with Crippen LogP contribution in [0, 0.1) is 6.92 Å². The van der Waals surface area contributed by atoms with Gasteiger partial charge in [0.15, 0.2) is 5.76 Å². The molecular formula is C23H27N3O3. The molecule has 2 amide bonds. The van der Waals surface area contributed by atoms with E-state index in [1.54, 1.807) is 0 Å². The van der Waals surface area contributed by atoms with E-state index >= 15 is 0 Å². The normalized spacial score (nSPS) is 17.8. The molecule has 2 heterocycles. The maximum atomic E-state index is 12.9. The Morgan fingerprint density at radius 1 is 1.07 bits per heavy atom. The average Bonchev–Trinajstić information content (AvgIpc) is 3.10. The molecular weight excluding hydrogens is 366 g/mol. The standard InChI is InChI=1S/C23H27N3O3/c1-16-21-18(24-25-20(27)15-17-9-4-2-5-10-17)11-8-12-19(21)29-22(16)23(28)26-13-6-3-7-14-26/h2,4-5,9-10H,3,6-8,11-15H2,1H3,(H,25,27)/b24-18+. The molecule has 0 atom stereocenters. The number of nitrogens with one attached hydrogen (secondary N) is 1. The van der Waals surface area contributed by atoms with Gasteiger partial charge in [0.2, 0.25) is 5.91 Å². The fourth-order valence-corrected chi connectivity index (χ4v) is 4.18. The minimum atomic E-state index is -0.151. The Morgan fingerprint density at radius 2 is 1.83 bits per heavy atom. The number of fused-ring (bicyclic) bond motifs is 1. The fourth-order valence-electron chi connectivity index (χ4n) is 4.18. The monoisotopic (exact) mass is 393 g/mol. The first kappa shape index (κ1) is 19.4. The number of hydrazone groups is 1. The summed E-state index contributed by atoms with van der Waals surface area (Å²) in [5.41, 5.74) is 6.17. The van der Waals surface area contributed by atoms with Crippen molar-refractivity contribution in [3.63, 3.8) is 0 Å². The van der Waals surface area contributed by atoms with Crippen LogP contribution in [0.2, 0.25) is 0 Å². The Morgan fingerprint density at radius 3 is 2.59 bits per heavy atom. The highest BCUT2D eigenvalue weighted by molar-refractivity contribution is 6.06. The van der Waals surface area contributed by atoms with E-state index in [1.165, 1.54) is 6.42 Å². The van der Waals surface area contributed by atoms with E-state index in [2.05, 4.69) is 10.5 Å². The Balaban J connectivity index is 1.51. The zero-order chi connectivity index (χ0) is 20.2. The molecule has 1 fully saturated rings. The average molecular weight is 393 g/mol. The summed E-state index contributed by atoms with van der Waals surface area (Å²) in [6, 6.07) is 9.60. The van der Waals surface area contributed by atoms with Gasteiger partial charge in [-0.15, -0.1) is 0 Å². The smallest absolute Gasteiger partial charge is 0.289 e. The second-order valence-electron chi connectivity index (χ2n) is 7.82. The number of nitrogens with zero attached hydrogens (tertiary/aromatic N) is 2. The second kappa shape index (κ2) is 8.64. The van der Waals surface area contributed by atoms with Gasteiger partial charge in [0.05, 0.1) is 12.1 Å². The molecule has 1 aromatic carbocycles. The summed E-state index contributed by atoms with van der Waals surface area (Å²) < 4.78 is 6.00. The van der Waals surface area contributed by atoms with Crippen molar-refractivity contribution in [2.24, 2.45) is 5.10 Å². The van der Waals surface area contributed by atoms with Crippen molar-refractivity contribution in [3.8, 4) is 0 Å². The summed E-state index contributed by atoms with van der Waals surface area (Å²) in [5.74, 6) is 1.07. The number of aryl methyl sites for hydroxylation is 1. The van der Waals surface area contributed by atoms with Crippen molar-refractivity contribution in [1.82, 2.24) is 10.3 Å². The molecule has 4 rings (SSSR count). The Bertz CT molecular complexity index is 924. The molecule has 0 spiro atoms. The van der Waals surface area contributed by atoms with E-state index in [4.69, 9.17) is 4.42 Å². The number of carbonyl (C=O) groups is 2. The van der Waals surface area contributed by atoms with Crippen molar-refractivity contribution in [3.05, 3.63) is 58.5 Å². The van der Waals surface area contributed by atoms with Crippen molar-refractivity contribution in [2.45, 2.75) is 51.9 Å². The van der Waals surface area contributed by atoms with E-state index in [0.29, 0.717) is 5.76 Å². The zero-order valence-electron chi connectivity index (χ0n) is 16.9. The van der Waals surface area contributed by atoms with Crippen LogP contribution in [0.3, 0.4) is 0 Å². The summed E-state index contributed by atoms with van der Waals surface area (Å²) >= 11 is 0. The molecule has 152 valence electrons. The minimum Gasteiger partial charge on any atom is -0.455 e. The lowest BCUT2D eigenvalue weighted by molar-refractivity contribution is -0.120. The van der Waals surface area contributed by atoms with Gasteiger partial charge in [-0.05, 0) is 44.6 Å². The molecule has 0 bridgehead atoms. The Hall–Kier alpha value is -2.89. The van der Waals surface area contributed by atoms with Crippen molar-refractivity contribution in [1.29, 1.82) is 0 Å². The highest BCUT2D eigenvalue weighted by atomic mass is 16.4. The molecule has 6 heteroatoms. The van der Waals surface area contributed by atoms with Crippen LogP contribution in [-0.2, 0) is 17.6 Å². The van der Waals surface area contributed by atoms with Crippen LogP contribution in [0.4, 0.5) is 0 Å². The van der Waals surface area contributed by atoms with Crippen LogP contribution in [0.25, 0.3) is 0 Å². The largest absolute Gasteiger partial charge is 0.455 e. The van der Waals surface area contributed by atoms with E-state index in [0.717, 1.165) is 73.4 Å². The molecule has 2 aliphatic rings. The summed E-state index contributed by atoms with van der Waals surface area (Å²) in [5, 5.41) is 4.40. The molecule has 1 aromatic heterocycles. The Kier molecular flexibility index (Phi) is 5.79. The molecule has 1 aliphatic carbocycles. The zero-order valence-corrected chi connectivity index (χ0v) is 16.9. The summed E-state index contributed by atoms with van der Waals surface area (Å²) in [6.07, 6.45) is 6.00. The molecule has 1 N–H and O–H groups in total. The predicted octanol–water partition coefficient (Wildman–Crippen LogP) is 3.61. The summed E-state index contributed by atoms with van der Waals surface area (Å²) in [6.45, 7) is 3.51. The van der Waals surface area contributed by atoms with Crippen molar-refractivity contribution < 1.29 is 14.0 Å². The highest BCUT2D eigenvalue weighted by Gasteiger charge is 2.30. The number of rotatable bonds is 4. The molecule has 29 heavy (non-hydrogen) atoms. The number of amides is 2. The molecule has 0 saturated carbocycles. The lowest BCUT2D eigenvalue weighted by atomic mass is 9.93. The minimum absolute atomic E-state index is 0.0240. The van der Waals surface area contributed by atoms with Crippen LogP contribution in [0.15, 0.2) is 39.9 Å². The maximum Gasteiger partial charge on any atom is 0.289 e. The first-order valence-corrected chi connectivity index (χ1v) is 10.4. The lowest BCUT2D eigenvalue weighted by Crippen LogP contribution is -2.35. The summed E-state index contributed by atoms with van der Waals surface area (Å²) in [4.78, 5) is 27.1. The van der Waals surface area contributed by atoms with Gasteiger partial charge >= 0.3 is 0 Å². The van der Waals surface area contributed by atoms with Gasteiger partial charge in [-0.1, -0.05) is 30.3 Å². The first-order valence-electron chi connectivity index (χ1n) is 10.4. The van der Waals surface area contributed by atoms with E-state index in [9.17, 15) is 9.59 Å². The van der Waals surface area contributed by atoms with Crippen LogP contribution in [0.5, 0.6) is 0 Å². The third-order valence-electron chi connectivity index (χ3n) is 5.69. The molecule has 1 aliphatic heterocycles.